The lowest BCUT2D eigenvalue weighted by atomic mass is 10.0. The Morgan fingerprint density at radius 1 is 1.23 bits per heavy atom. The molecule has 0 aliphatic heterocycles. The molecule has 0 saturated carbocycles. The molecule has 0 fully saturated rings. The van der Waals surface area contributed by atoms with Gasteiger partial charge in [0.15, 0.2) is 0 Å². The van der Waals surface area contributed by atoms with Crippen molar-refractivity contribution in [1.29, 1.82) is 0 Å². The molecule has 0 heterocycles. The molecule has 0 radical (unpaired) electrons. The van der Waals surface area contributed by atoms with Gasteiger partial charge in [-0.25, -0.2) is 0 Å². The number of amides is 1. The van der Waals surface area contributed by atoms with E-state index in [0.717, 1.165) is 11.1 Å². The zero-order valence-electron chi connectivity index (χ0n) is 13.1. The molecule has 2 aromatic carbocycles. The van der Waals surface area contributed by atoms with E-state index < -0.39 is 6.10 Å². The van der Waals surface area contributed by atoms with Gasteiger partial charge in [0.2, 0.25) is 0 Å². The molecule has 0 aliphatic carbocycles. The average Bonchev–Trinajstić information content (AvgIpc) is 2.54. The van der Waals surface area contributed by atoms with E-state index in [1.165, 1.54) is 0 Å². The fourth-order valence-electron chi connectivity index (χ4n) is 2.32. The normalized spacial score (nSPS) is 11.8. The Morgan fingerprint density at radius 2 is 1.95 bits per heavy atom. The van der Waals surface area contributed by atoms with Crippen molar-refractivity contribution in [3.05, 3.63) is 64.7 Å². The standard InChI is InChI=1S/C18H21NO3/c1-12-8-9-13(2)15(10-12)18(21)19-11-16(20)14-6-4-5-7-17(14)22-3/h4-10,16,20H,11H2,1-3H3,(H,19,21)/t16-/m1/s1. The van der Waals surface area contributed by atoms with Crippen molar-refractivity contribution in [2.24, 2.45) is 0 Å². The summed E-state index contributed by atoms with van der Waals surface area (Å²) in [7, 11) is 1.56. The molecule has 0 aromatic heterocycles. The van der Waals surface area contributed by atoms with Gasteiger partial charge in [-0.15, -0.1) is 0 Å². The van der Waals surface area contributed by atoms with E-state index in [1.54, 1.807) is 19.2 Å². The summed E-state index contributed by atoms with van der Waals surface area (Å²) >= 11 is 0. The van der Waals surface area contributed by atoms with Crippen LogP contribution in [0.1, 0.15) is 33.2 Å². The van der Waals surface area contributed by atoms with Crippen molar-refractivity contribution < 1.29 is 14.6 Å². The number of hydrogen-bond acceptors (Lipinski definition) is 3. The molecule has 2 N–H and O–H groups in total. The number of carbonyl (C=O) groups excluding carboxylic acids is 1. The number of carbonyl (C=O) groups is 1. The molecule has 2 aromatic rings. The van der Waals surface area contributed by atoms with E-state index in [1.807, 2.05) is 44.2 Å². The lowest BCUT2D eigenvalue weighted by molar-refractivity contribution is 0.0914. The summed E-state index contributed by atoms with van der Waals surface area (Å²) in [5.74, 6) is 0.422. The third kappa shape index (κ3) is 3.65. The molecule has 1 atom stereocenters. The Labute approximate surface area is 130 Å². The van der Waals surface area contributed by atoms with Crippen molar-refractivity contribution in [3.63, 3.8) is 0 Å². The van der Waals surface area contributed by atoms with Gasteiger partial charge in [0.05, 0.1) is 13.2 Å². The lowest BCUT2D eigenvalue weighted by Crippen LogP contribution is -2.29. The van der Waals surface area contributed by atoms with Crippen LogP contribution >= 0.6 is 0 Å². The minimum atomic E-state index is -0.815. The second kappa shape index (κ2) is 7.09. The molecule has 0 saturated heterocycles. The highest BCUT2D eigenvalue weighted by Crippen LogP contribution is 2.24. The smallest absolute Gasteiger partial charge is 0.251 e. The third-order valence-corrected chi connectivity index (χ3v) is 3.59. The zero-order valence-corrected chi connectivity index (χ0v) is 13.1. The molecule has 0 unspecified atom stereocenters. The number of aliphatic hydroxyl groups is 1. The molecular formula is C18H21NO3. The topological polar surface area (TPSA) is 58.6 Å². The van der Waals surface area contributed by atoms with Gasteiger partial charge >= 0.3 is 0 Å². The number of nitrogens with one attached hydrogen (secondary N) is 1. The Balaban J connectivity index is 2.06. The number of benzene rings is 2. The van der Waals surface area contributed by atoms with Crippen molar-refractivity contribution in [2.45, 2.75) is 20.0 Å². The first-order valence-electron chi connectivity index (χ1n) is 7.19. The van der Waals surface area contributed by atoms with Crippen LogP contribution in [0.25, 0.3) is 0 Å². The van der Waals surface area contributed by atoms with E-state index in [0.29, 0.717) is 16.9 Å². The molecule has 4 nitrogen and oxygen atoms in total. The summed E-state index contributed by atoms with van der Waals surface area (Å²) in [6.07, 6.45) is -0.815. The SMILES string of the molecule is COc1ccccc1[C@H](O)CNC(=O)c1cc(C)ccc1C. The minimum Gasteiger partial charge on any atom is -0.496 e. The number of hydrogen-bond donors (Lipinski definition) is 2. The van der Waals surface area contributed by atoms with E-state index >= 15 is 0 Å². The number of aryl methyl sites for hydroxylation is 2. The molecule has 0 aliphatic rings. The van der Waals surface area contributed by atoms with Crippen LogP contribution in [0.3, 0.4) is 0 Å². The Morgan fingerprint density at radius 3 is 2.68 bits per heavy atom. The number of aliphatic hydroxyl groups excluding tert-OH is 1. The fraction of sp³-hybridized carbons (Fsp3) is 0.278. The highest BCUT2D eigenvalue weighted by Gasteiger charge is 2.15. The van der Waals surface area contributed by atoms with Crippen molar-refractivity contribution in [2.75, 3.05) is 13.7 Å². The van der Waals surface area contributed by atoms with Crippen LogP contribution in [0.15, 0.2) is 42.5 Å². The summed E-state index contributed by atoms with van der Waals surface area (Å²) in [4.78, 5) is 12.3. The summed E-state index contributed by atoms with van der Waals surface area (Å²) in [5, 5.41) is 13.0. The number of methoxy groups -OCH3 is 1. The van der Waals surface area contributed by atoms with E-state index in [-0.39, 0.29) is 12.5 Å². The largest absolute Gasteiger partial charge is 0.496 e. The fourth-order valence-corrected chi connectivity index (χ4v) is 2.32. The first-order valence-corrected chi connectivity index (χ1v) is 7.19. The quantitative estimate of drug-likeness (QED) is 0.892. The first-order chi connectivity index (χ1) is 10.5. The summed E-state index contributed by atoms with van der Waals surface area (Å²) in [5.41, 5.74) is 3.23. The molecule has 0 bridgehead atoms. The predicted molar refractivity (Wildman–Crippen MR) is 86.2 cm³/mol. The highest BCUT2D eigenvalue weighted by molar-refractivity contribution is 5.95. The number of ether oxygens (including phenoxy) is 1. The van der Waals surface area contributed by atoms with Gasteiger partial charge in [-0.05, 0) is 31.5 Å². The third-order valence-electron chi connectivity index (χ3n) is 3.59. The Bertz CT molecular complexity index is 667. The molecule has 116 valence electrons. The van der Waals surface area contributed by atoms with Crippen molar-refractivity contribution in [1.82, 2.24) is 5.32 Å². The maximum Gasteiger partial charge on any atom is 0.251 e. The van der Waals surface area contributed by atoms with Gasteiger partial charge < -0.3 is 15.2 Å². The Hall–Kier alpha value is -2.33. The van der Waals surface area contributed by atoms with Gasteiger partial charge in [0, 0.05) is 17.7 Å². The molecular weight excluding hydrogens is 278 g/mol. The van der Waals surface area contributed by atoms with Crippen molar-refractivity contribution >= 4 is 5.91 Å². The van der Waals surface area contributed by atoms with Crippen LogP contribution < -0.4 is 10.1 Å². The zero-order chi connectivity index (χ0) is 16.1. The summed E-state index contributed by atoms with van der Waals surface area (Å²) in [6.45, 7) is 3.97. The van der Waals surface area contributed by atoms with Gasteiger partial charge in [0.25, 0.3) is 5.91 Å². The van der Waals surface area contributed by atoms with Crippen LogP contribution in [0.4, 0.5) is 0 Å². The van der Waals surface area contributed by atoms with E-state index in [9.17, 15) is 9.90 Å². The molecule has 1 amide bonds. The number of para-hydroxylation sites is 1. The summed E-state index contributed by atoms with van der Waals surface area (Å²) in [6, 6.07) is 13.0. The van der Waals surface area contributed by atoms with E-state index in [4.69, 9.17) is 4.74 Å². The lowest BCUT2D eigenvalue weighted by Gasteiger charge is -2.16. The van der Waals surface area contributed by atoms with Gasteiger partial charge in [-0.2, -0.15) is 0 Å². The predicted octanol–water partition coefficient (Wildman–Crippen LogP) is 2.78. The van der Waals surface area contributed by atoms with Crippen LogP contribution in [-0.4, -0.2) is 24.7 Å². The van der Waals surface area contributed by atoms with Crippen molar-refractivity contribution in [3.8, 4) is 5.75 Å². The molecule has 0 spiro atoms. The first kappa shape index (κ1) is 16.0. The summed E-state index contributed by atoms with van der Waals surface area (Å²) < 4.78 is 5.22. The highest BCUT2D eigenvalue weighted by atomic mass is 16.5. The monoisotopic (exact) mass is 299 g/mol. The second-order valence-electron chi connectivity index (χ2n) is 5.29. The van der Waals surface area contributed by atoms with Crippen LogP contribution in [-0.2, 0) is 0 Å². The minimum absolute atomic E-state index is 0.132. The van der Waals surface area contributed by atoms with Crippen LogP contribution in [0.2, 0.25) is 0 Å². The van der Waals surface area contributed by atoms with Crippen LogP contribution in [0, 0.1) is 13.8 Å². The maximum atomic E-state index is 12.3. The molecule has 22 heavy (non-hydrogen) atoms. The van der Waals surface area contributed by atoms with Crippen LogP contribution in [0.5, 0.6) is 5.75 Å². The van der Waals surface area contributed by atoms with Gasteiger partial charge in [-0.1, -0.05) is 35.9 Å². The van der Waals surface area contributed by atoms with E-state index in [2.05, 4.69) is 5.32 Å². The second-order valence-corrected chi connectivity index (χ2v) is 5.29. The number of rotatable bonds is 5. The molecule has 2 rings (SSSR count). The Kier molecular flexibility index (Phi) is 5.17. The molecule has 4 heteroatoms. The maximum absolute atomic E-state index is 12.3. The average molecular weight is 299 g/mol. The van der Waals surface area contributed by atoms with Gasteiger partial charge in [0.1, 0.15) is 5.75 Å². The van der Waals surface area contributed by atoms with Gasteiger partial charge in [-0.3, -0.25) is 4.79 Å².